The third kappa shape index (κ3) is 6.34. The number of carbonyl (C=O) groups is 1. The van der Waals surface area contributed by atoms with Crippen LogP contribution in [0, 0.1) is 5.92 Å². The van der Waals surface area contributed by atoms with Crippen LogP contribution in [0.25, 0.3) is 10.2 Å². The highest BCUT2D eigenvalue weighted by Gasteiger charge is 2.25. The first-order valence-electron chi connectivity index (χ1n) is 13.5. The van der Waals surface area contributed by atoms with Crippen molar-refractivity contribution in [1.29, 1.82) is 0 Å². The Labute approximate surface area is 242 Å². The van der Waals surface area contributed by atoms with Crippen molar-refractivity contribution < 1.29 is 13.2 Å². The summed E-state index contributed by atoms with van der Waals surface area (Å²) in [6, 6.07) is 6.14. The van der Waals surface area contributed by atoms with Crippen molar-refractivity contribution in [3.05, 3.63) is 57.7 Å². The van der Waals surface area contributed by atoms with Crippen LogP contribution in [0.2, 0.25) is 0 Å². The highest BCUT2D eigenvalue weighted by molar-refractivity contribution is 7.99. The summed E-state index contributed by atoms with van der Waals surface area (Å²) in [5.41, 5.74) is 1.39. The van der Waals surface area contributed by atoms with Gasteiger partial charge in [-0.05, 0) is 61.8 Å². The number of aliphatic imine (C=N–C) groups is 1. The number of nitrogens with zero attached hydrogens (tertiary/aromatic N) is 3. The van der Waals surface area contributed by atoms with Crippen LogP contribution in [0.3, 0.4) is 0 Å². The van der Waals surface area contributed by atoms with Crippen molar-refractivity contribution in [1.82, 2.24) is 14.3 Å². The molecule has 0 saturated heterocycles. The lowest BCUT2D eigenvalue weighted by Gasteiger charge is -2.17. The number of aromatic nitrogens is 2. The van der Waals surface area contributed by atoms with Crippen molar-refractivity contribution in [3.63, 3.8) is 0 Å². The molecule has 1 aromatic carbocycles. The summed E-state index contributed by atoms with van der Waals surface area (Å²) >= 11 is 2.75. The van der Waals surface area contributed by atoms with Gasteiger partial charge in [0.05, 0.1) is 16.0 Å². The third-order valence-corrected chi connectivity index (χ3v) is 10.6. The molecule has 2 aromatic heterocycles. The van der Waals surface area contributed by atoms with Gasteiger partial charge in [-0.25, -0.2) is 13.4 Å². The molecule has 212 valence electrons. The molecule has 5 rings (SSSR count). The number of thiophene rings is 1. The van der Waals surface area contributed by atoms with Gasteiger partial charge in [0.25, 0.3) is 15.6 Å². The average molecular weight is 600 g/mol. The van der Waals surface area contributed by atoms with Gasteiger partial charge in [-0.3, -0.25) is 23.9 Å². The summed E-state index contributed by atoms with van der Waals surface area (Å²) in [5.74, 6) is 0.728. The molecule has 0 radical (unpaired) electrons. The number of thioether (sulfide) groups is 1. The molecule has 0 saturated carbocycles. The van der Waals surface area contributed by atoms with E-state index in [1.807, 2.05) is 0 Å². The van der Waals surface area contributed by atoms with Crippen LogP contribution >= 0.6 is 23.1 Å². The van der Waals surface area contributed by atoms with E-state index in [2.05, 4.69) is 28.5 Å². The van der Waals surface area contributed by atoms with Crippen LogP contribution in [0.1, 0.15) is 49.5 Å². The van der Waals surface area contributed by atoms with Gasteiger partial charge in [0, 0.05) is 30.1 Å². The molecule has 9 nitrogen and oxygen atoms in total. The van der Waals surface area contributed by atoms with Crippen LogP contribution in [0.5, 0.6) is 0 Å². The van der Waals surface area contributed by atoms with Crippen molar-refractivity contribution in [2.24, 2.45) is 10.9 Å². The number of rotatable bonds is 8. The minimum absolute atomic E-state index is 0.00322. The molecule has 0 unspecified atom stereocenters. The Morgan fingerprint density at radius 1 is 1.27 bits per heavy atom. The van der Waals surface area contributed by atoms with Crippen molar-refractivity contribution in [3.8, 4) is 0 Å². The molecule has 1 atom stereocenters. The Balaban J connectivity index is 1.30. The number of sulfonamides is 1. The Morgan fingerprint density at radius 3 is 2.95 bits per heavy atom. The van der Waals surface area contributed by atoms with E-state index in [-0.39, 0.29) is 22.1 Å². The Hall–Kier alpha value is -2.96. The lowest BCUT2D eigenvalue weighted by atomic mass is 9.89. The topological polar surface area (TPSA) is 123 Å². The van der Waals surface area contributed by atoms with Crippen LogP contribution in [-0.2, 0) is 34.2 Å². The summed E-state index contributed by atoms with van der Waals surface area (Å²) in [5, 5.41) is 3.93. The number of carbonyl (C=O) groups excluding carboxylic acids is 1. The first-order chi connectivity index (χ1) is 19.2. The molecular weight excluding hydrogens is 567 g/mol. The summed E-state index contributed by atoms with van der Waals surface area (Å²) < 4.78 is 30.0. The molecule has 0 spiro atoms. The van der Waals surface area contributed by atoms with Crippen LogP contribution in [0.4, 0.5) is 5.69 Å². The number of anilines is 1. The monoisotopic (exact) mass is 599 g/mol. The van der Waals surface area contributed by atoms with Crippen LogP contribution in [-0.4, -0.2) is 42.0 Å². The molecule has 0 fully saturated rings. The maximum absolute atomic E-state index is 13.5. The molecule has 2 N–H and O–H groups in total. The van der Waals surface area contributed by atoms with Gasteiger partial charge in [-0.15, -0.1) is 17.9 Å². The molecular formula is C28H33N5O4S3. The van der Waals surface area contributed by atoms with Gasteiger partial charge in [-0.1, -0.05) is 37.2 Å². The van der Waals surface area contributed by atoms with Gasteiger partial charge in [0.2, 0.25) is 5.91 Å². The first-order valence-corrected chi connectivity index (χ1v) is 16.8. The Morgan fingerprint density at radius 2 is 2.12 bits per heavy atom. The second-order valence-corrected chi connectivity index (χ2v) is 13.9. The molecule has 40 heavy (non-hydrogen) atoms. The maximum Gasteiger partial charge on any atom is 0.263 e. The lowest BCUT2D eigenvalue weighted by molar-refractivity contribution is -0.113. The van der Waals surface area contributed by atoms with Crippen LogP contribution in [0.15, 0.2) is 56.8 Å². The van der Waals surface area contributed by atoms with E-state index in [0.717, 1.165) is 48.9 Å². The highest BCUT2D eigenvalue weighted by atomic mass is 32.2. The molecule has 3 heterocycles. The smallest absolute Gasteiger partial charge is 0.263 e. The quantitative estimate of drug-likeness (QED) is 0.219. The number of fused-ring (bicyclic) bond motifs is 3. The zero-order chi connectivity index (χ0) is 28.3. The summed E-state index contributed by atoms with van der Waals surface area (Å²) in [6.07, 6.45) is 8.02. The van der Waals surface area contributed by atoms with Gasteiger partial charge >= 0.3 is 0 Å². The second kappa shape index (κ2) is 12.3. The summed E-state index contributed by atoms with van der Waals surface area (Å²) in [7, 11) is -3.83. The molecule has 12 heteroatoms. The molecule has 0 bridgehead atoms. The predicted molar refractivity (Wildman–Crippen MR) is 162 cm³/mol. The molecule has 1 aliphatic carbocycles. The van der Waals surface area contributed by atoms with E-state index in [1.165, 1.54) is 28.8 Å². The average Bonchev–Trinajstić information content (AvgIpc) is 3.08. The van der Waals surface area contributed by atoms with Gasteiger partial charge in [0.15, 0.2) is 5.16 Å². The van der Waals surface area contributed by atoms with Crippen molar-refractivity contribution in [2.45, 2.75) is 68.5 Å². The second-order valence-electron chi connectivity index (χ2n) is 10.2. The van der Waals surface area contributed by atoms with E-state index >= 15 is 0 Å². The zero-order valence-corrected chi connectivity index (χ0v) is 24.9. The van der Waals surface area contributed by atoms with E-state index in [1.54, 1.807) is 34.1 Å². The number of amidine groups is 1. The minimum atomic E-state index is -3.83. The highest BCUT2D eigenvalue weighted by Crippen LogP contribution is 2.36. The van der Waals surface area contributed by atoms with Gasteiger partial charge < -0.3 is 5.32 Å². The number of nitrogens with one attached hydrogen (secondary N) is 2. The fourth-order valence-corrected chi connectivity index (χ4v) is 8.41. The molecule has 3 aromatic rings. The maximum atomic E-state index is 13.5. The number of aryl methyl sites for hydroxylation is 1. The summed E-state index contributed by atoms with van der Waals surface area (Å²) in [4.78, 5) is 37.5. The molecule has 1 amide bonds. The summed E-state index contributed by atoms with van der Waals surface area (Å²) in [6.45, 7) is 6.93. The van der Waals surface area contributed by atoms with E-state index in [9.17, 15) is 18.0 Å². The standard InChI is InChI=1S/C28H33N5O4S3/c1-3-14-33-27(35)25-21-12-11-18(2)15-22(21)39-26(25)31-28(33)38-17-24(34)30-19-8-7-9-20(16-19)40(36,37)32-23-10-5-4-6-13-29-23/h3,7-9,16,18H,1,4-6,10-15,17H2,2H3,(H,29,32)(H,30,34)/t18-/m1/s1. The number of amides is 1. The number of allylic oxidation sites excluding steroid dienone is 1. The largest absolute Gasteiger partial charge is 0.325 e. The van der Waals surface area contributed by atoms with E-state index in [0.29, 0.717) is 47.5 Å². The predicted octanol–water partition coefficient (Wildman–Crippen LogP) is 4.75. The molecule has 1 aliphatic heterocycles. The first kappa shape index (κ1) is 28.6. The minimum Gasteiger partial charge on any atom is -0.325 e. The fourth-order valence-electron chi connectivity index (χ4n) is 5.04. The molecule has 2 aliphatic rings. The zero-order valence-electron chi connectivity index (χ0n) is 22.4. The van der Waals surface area contributed by atoms with Crippen molar-refractivity contribution >= 4 is 60.8 Å². The van der Waals surface area contributed by atoms with Gasteiger partial charge in [-0.2, -0.15) is 0 Å². The Bertz CT molecular complexity index is 1640. The Kier molecular flexibility index (Phi) is 8.77. The number of benzene rings is 1. The lowest BCUT2D eigenvalue weighted by Crippen LogP contribution is -2.30. The van der Waals surface area contributed by atoms with Crippen molar-refractivity contribution in [2.75, 3.05) is 17.6 Å². The number of hydrogen-bond acceptors (Lipinski definition) is 8. The van der Waals surface area contributed by atoms with Crippen LogP contribution < -0.4 is 15.6 Å². The van der Waals surface area contributed by atoms with E-state index in [4.69, 9.17) is 4.98 Å². The fraction of sp³-hybridized carbons (Fsp3) is 0.429. The van der Waals surface area contributed by atoms with E-state index < -0.39 is 10.0 Å². The van der Waals surface area contributed by atoms with Gasteiger partial charge in [0.1, 0.15) is 10.7 Å². The third-order valence-electron chi connectivity index (χ3n) is 7.08. The normalized spacial score (nSPS) is 17.5. The number of hydrogen-bond donors (Lipinski definition) is 2. The SMILES string of the molecule is C=CCn1c(SCC(=O)Nc2cccc(S(=O)(=O)NC3=NCCCCC3)c2)nc2sc3c(c2c1=O)CC[C@@H](C)C3.